The minimum Gasteiger partial charge on any atom is -0.328 e. The molecule has 1 saturated heterocycles. The molecule has 0 aromatic heterocycles. The van der Waals surface area contributed by atoms with Crippen LogP contribution < -0.4 is 11.1 Å². The fraction of sp³-hybridized carbons (Fsp3) is 1.00. The van der Waals surface area contributed by atoms with Crippen molar-refractivity contribution in [2.75, 3.05) is 26.2 Å². The van der Waals surface area contributed by atoms with Crippen molar-refractivity contribution in [3.63, 3.8) is 0 Å². The molecular formula is C10H21N3. The topological polar surface area (TPSA) is 41.3 Å². The molecule has 2 rings (SSSR count). The normalized spacial score (nSPS) is 34.8. The molecular weight excluding hydrogens is 162 g/mol. The number of nitrogens with zero attached hydrogens (tertiary/aromatic N) is 1. The van der Waals surface area contributed by atoms with Crippen LogP contribution in [-0.4, -0.2) is 43.2 Å². The van der Waals surface area contributed by atoms with Gasteiger partial charge in [0.25, 0.3) is 0 Å². The molecule has 76 valence electrons. The Morgan fingerprint density at radius 3 is 2.54 bits per heavy atom. The van der Waals surface area contributed by atoms with Crippen LogP contribution in [0, 0.1) is 0 Å². The van der Waals surface area contributed by atoms with Crippen LogP contribution in [0.15, 0.2) is 0 Å². The zero-order valence-corrected chi connectivity index (χ0v) is 8.34. The summed E-state index contributed by atoms with van der Waals surface area (Å²) < 4.78 is 0. The van der Waals surface area contributed by atoms with Gasteiger partial charge in [-0.1, -0.05) is 0 Å². The second-order valence-electron chi connectivity index (χ2n) is 4.43. The van der Waals surface area contributed by atoms with Crippen LogP contribution in [-0.2, 0) is 0 Å². The molecule has 13 heavy (non-hydrogen) atoms. The first-order chi connectivity index (χ1) is 6.34. The van der Waals surface area contributed by atoms with E-state index in [1.807, 2.05) is 0 Å². The van der Waals surface area contributed by atoms with E-state index in [4.69, 9.17) is 5.73 Å². The maximum Gasteiger partial charge on any atom is 0.0107 e. The molecule has 0 radical (unpaired) electrons. The zero-order chi connectivity index (χ0) is 9.10. The van der Waals surface area contributed by atoms with Crippen molar-refractivity contribution in [3.05, 3.63) is 0 Å². The van der Waals surface area contributed by atoms with E-state index in [1.165, 1.54) is 45.3 Å². The summed E-state index contributed by atoms with van der Waals surface area (Å²) >= 11 is 0. The summed E-state index contributed by atoms with van der Waals surface area (Å²) in [5.74, 6) is 0. The van der Waals surface area contributed by atoms with Gasteiger partial charge in [-0.2, -0.15) is 0 Å². The first-order valence-corrected chi connectivity index (χ1v) is 5.56. The number of rotatable bonds is 4. The van der Waals surface area contributed by atoms with Crippen molar-refractivity contribution < 1.29 is 0 Å². The Balaban J connectivity index is 1.49. The fourth-order valence-corrected chi connectivity index (χ4v) is 2.26. The molecule has 0 aromatic carbocycles. The second kappa shape index (κ2) is 4.40. The lowest BCUT2D eigenvalue weighted by Crippen LogP contribution is -2.49. The largest absolute Gasteiger partial charge is 0.328 e. The summed E-state index contributed by atoms with van der Waals surface area (Å²) in [5.41, 5.74) is 5.71. The summed E-state index contributed by atoms with van der Waals surface area (Å²) in [7, 11) is 0. The van der Waals surface area contributed by atoms with Gasteiger partial charge in [0, 0.05) is 25.2 Å². The first-order valence-electron chi connectivity index (χ1n) is 5.56. The van der Waals surface area contributed by atoms with E-state index in [1.54, 1.807) is 0 Å². The molecule has 0 unspecified atom stereocenters. The molecule has 0 spiro atoms. The Bertz CT molecular complexity index is 148. The molecule has 3 nitrogen and oxygen atoms in total. The molecule has 1 aliphatic carbocycles. The Morgan fingerprint density at radius 2 is 1.92 bits per heavy atom. The van der Waals surface area contributed by atoms with Gasteiger partial charge in [-0.15, -0.1) is 0 Å². The van der Waals surface area contributed by atoms with Crippen LogP contribution in [0.25, 0.3) is 0 Å². The van der Waals surface area contributed by atoms with Gasteiger partial charge < -0.3 is 16.0 Å². The molecule has 2 fully saturated rings. The number of hydrogen-bond acceptors (Lipinski definition) is 3. The van der Waals surface area contributed by atoms with Gasteiger partial charge in [0.2, 0.25) is 0 Å². The van der Waals surface area contributed by atoms with Crippen LogP contribution in [0.2, 0.25) is 0 Å². The van der Waals surface area contributed by atoms with Gasteiger partial charge in [-0.3, -0.25) is 0 Å². The first kappa shape index (κ1) is 9.44. The predicted molar refractivity (Wildman–Crippen MR) is 54.7 cm³/mol. The third-order valence-electron chi connectivity index (χ3n) is 3.23. The van der Waals surface area contributed by atoms with Gasteiger partial charge in [-0.05, 0) is 38.8 Å². The van der Waals surface area contributed by atoms with E-state index in [-0.39, 0.29) is 0 Å². The molecule has 2 aliphatic rings. The SMILES string of the molecule is NC1CC(NCCN2CCCC2)C1. The van der Waals surface area contributed by atoms with Crippen LogP contribution in [0.5, 0.6) is 0 Å². The molecule has 3 N–H and O–H groups in total. The lowest BCUT2D eigenvalue weighted by molar-refractivity contribution is 0.267. The van der Waals surface area contributed by atoms with E-state index >= 15 is 0 Å². The molecule has 1 aliphatic heterocycles. The predicted octanol–water partition coefficient (Wildman–Crippen LogP) is 0.162. The van der Waals surface area contributed by atoms with Crippen LogP contribution in [0.1, 0.15) is 25.7 Å². The van der Waals surface area contributed by atoms with Crippen LogP contribution in [0.4, 0.5) is 0 Å². The lowest BCUT2D eigenvalue weighted by atomic mass is 9.88. The summed E-state index contributed by atoms with van der Waals surface area (Å²) in [4.78, 5) is 2.55. The van der Waals surface area contributed by atoms with E-state index in [9.17, 15) is 0 Å². The van der Waals surface area contributed by atoms with Crippen molar-refractivity contribution in [1.29, 1.82) is 0 Å². The maximum atomic E-state index is 5.71. The minimum atomic E-state index is 0.476. The third kappa shape index (κ3) is 2.66. The van der Waals surface area contributed by atoms with E-state index in [0.29, 0.717) is 6.04 Å². The van der Waals surface area contributed by atoms with Crippen LogP contribution >= 0.6 is 0 Å². The van der Waals surface area contributed by atoms with Crippen LogP contribution in [0.3, 0.4) is 0 Å². The van der Waals surface area contributed by atoms with Gasteiger partial charge >= 0.3 is 0 Å². The minimum absolute atomic E-state index is 0.476. The monoisotopic (exact) mass is 183 g/mol. The number of likely N-dealkylation sites (tertiary alicyclic amines) is 1. The smallest absolute Gasteiger partial charge is 0.0107 e. The Labute approximate surface area is 80.7 Å². The third-order valence-corrected chi connectivity index (χ3v) is 3.23. The summed E-state index contributed by atoms with van der Waals surface area (Å²) in [6, 6.07) is 1.20. The number of hydrogen-bond donors (Lipinski definition) is 2. The number of nitrogens with one attached hydrogen (secondary N) is 1. The molecule has 0 atom stereocenters. The fourth-order valence-electron chi connectivity index (χ4n) is 2.26. The molecule has 1 saturated carbocycles. The van der Waals surface area contributed by atoms with Crippen molar-refractivity contribution >= 4 is 0 Å². The van der Waals surface area contributed by atoms with E-state index in [2.05, 4.69) is 10.2 Å². The summed E-state index contributed by atoms with van der Waals surface area (Å²) in [5, 5.41) is 3.55. The lowest BCUT2D eigenvalue weighted by Gasteiger charge is -2.33. The molecule has 0 amide bonds. The summed E-state index contributed by atoms with van der Waals surface area (Å²) in [6.07, 6.45) is 5.16. The van der Waals surface area contributed by atoms with Gasteiger partial charge in [0.05, 0.1) is 0 Å². The summed E-state index contributed by atoms with van der Waals surface area (Å²) in [6.45, 7) is 5.00. The Hall–Kier alpha value is -0.120. The van der Waals surface area contributed by atoms with Crippen molar-refractivity contribution in [3.8, 4) is 0 Å². The van der Waals surface area contributed by atoms with Gasteiger partial charge in [-0.25, -0.2) is 0 Å². The second-order valence-corrected chi connectivity index (χ2v) is 4.43. The Morgan fingerprint density at radius 1 is 1.23 bits per heavy atom. The highest BCUT2D eigenvalue weighted by Gasteiger charge is 2.24. The Kier molecular flexibility index (Phi) is 3.19. The average Bonchev–Trinajstić information content (AvgIpc) is 2.53. The molecule has 1 heterocycles. The number of nitrogens with two attached hydrogens (primary N) is 1. The quantitative estimate of drug-likeness (QED) is 0.652. The standard InChI is InChI=1S/C10H21N3/c11-9-7-10(8-9)12-3-6-13-4-1-2-5-13/h9-10,12H,1-8,11H2. The molecule has 0 aromatic rings. The van der Waals surface area contributed by atoms with E-state index < -0.39 is 0 Å². The van der Waals surface area contributed by atoms with Crippen molar-refractivity contribution in [2.24, 2.45) is 5.73 Å². The highest BCUT2D eigenvalue weighted by atomic mass is 15.2. The zero-order valence-electron chi connectivity index (χ0n) is 8.34. The molecule has 3 heteroatoms. The van der Waals surface area contributed by atoms with Gasteiger partial charge in [0.1, 0.15) is 0 Å². The van der Waals surface area contributed by atoms with Crippen molar-refractivity contribution in [2.45, 2.75) is 37.8 Å². The highest BCUT2D eigenvalue weighted by molar-refractivity contribution is 4.87. The van der Waals surface area contributed by atoms with Gasteiger partial charge in [0.15, 0.2) is 0 Å². The van der Waals surface area contributed by atoms with Crippen molar-refractivity contribution in [1.82, 2.24) is 10.2 Å². The molecule has 0 bridgehead atoms. The highest BCUT2D eigenvalue weighted by Crippen LogP contribution is 2.16. The maximum absolute atomic E-state index is 5.71. The average molecular weight is 183 g/mol. The van der Waals surface area contributed by atoms with E-state index in [0.717, 1.165) is 12.6 Å².